The molecule has 0 fully saturated rings. The molecule has 5 heteroatoms. The molecule has 0 bridgehead atoms. The Morgan fingerprint density at radius 2 is 1.65 bits per heavy atom. The minimum Gasteiger partial charge on any atom is -0.236 e. The third kappa shape index (κ3) is 3.23. The van der Waals surface area contributed by atoms with E-state index in [1.165, 1.54) is 0 Å². The first-order chi connectivity index (χ1) is 8.15. The molecule has 0 aliphatic carbocycles. The van der Waals surface area contributed by atoms with Gasteiger partial charge in [0.15, 0.2) is 5.82 Å². The molecule has 0 aliphatic rings. The minimum absolute atomic E-state index is 0.531. The smallest absolute Gasteiger partial charge is 0.236 e. The molecular weight excluding hydrogens is 242 g/mol. The Kier molecular flexibility index (Phi) is 3.68. The number of aryl methyl sites for hydroxylation is 1. The van der Waals surface area contributed by atoms with Crippen molar-refractivity contribution in [3.8, 4) is 11.4 Å². The van der Waals surface area contributed by atoms with E-state index in [2.05, 4.69) is 9.97 Å². The van der Waals surface area contributed by atoms with E-state index < -0.39 is 5.76 Å². The number of alkyl halides is 2. The number of benzene rings is 1. The molecule has 0 saturated carbocycles. The van der Waals surface area contributed by atoms with E-state index in [1.54, 1.807) is 36.7 Å². The van der Waals surface area contributed by atoms with Crippen molar-refractivity contribution in [1.82, 2.24) is 9.97 Å². The summed E-state index contributed by atoms with van der Waals surface area (Å²) in [5, 5.41) is 0. The number of nitrogens with zero attached hydrogens (tertiary/aromatic N) is 2. The van der Waals surface area contributed by atoms with Crippen LogP contribution in [0.5, 0.6) is 0 Å². The lowest BCUT2D eigenvalue weighted by Gasteiger charge is -2.02. The van der Waals surface area contributed by atoms with Crippen molar-refractivity contribution in [2.45, 2.75) is 17.6 Å². The van der Waals surface area contributed by atoms with Crippen LogP contribution in [0.1, 0.15) is 5.56 Å². The Labute approximate surface area is 102 Å². The molecule has 2 rings (SSSR count). The number of hydrogen-bond acceptors (Lipinski definition) is 3. The second-order valence-corrected chi connectivity index (χ2v) is 4.55. The van der Waals surface area contributed by atoms with E-state index in [0.717, 1.165) is 11.1 Å². The van der Waals surface area contributed by atoms with Gasteiger partial charge in [0.2, 0.25) is 0 Å². The van der Waals surface area contributed by atoms with Gasteiger partial charge < -0.3 is 0 Å². The molecule has 0 radical (unpaired) electrons. The van der Waals surface area contributed by atoms with Crippen LogP contribution >= 0.6 is 11.8 Å². The quantitative estimate of drug-likeness (QED) is 0.778. The van der Waals surface area contributed by atoms with Gasteiger partial charge in [0.1, 0.15) is 0 Å². The lowest BCUT2D eigenvalue weighted by molar-refractivity contribution is 0.252. The Bertz CT molecular complexity index is 483. The van der Waals surface area contributed by atoms with Crippen LogP contribution in [0.25, 0.3) is 11.4 Å². The van der Waals surface area contributed by atoms with Crippen molar-refractivity contribution < 1.29 is 8.78 Å². The van der Waals surface area contributed by atoms with E-state index >= 15 is 0 Å². The van der Waals surface area contributed by atoms with Gasteiger partial charge in [-0.05, 0) is 24.6 Å². The highest BCUT2D eigenvalue weighted by atomic mass is 32.2. The zero-order valence-corrected chi connectivity index (χ0v) is 9.92. The van der Waals surface area contributed by atoms with E-state index in [-0.39, 0.29) is 0 Å². The van der Waals surface area contributed by atoms with Crippen molar-refractivity contribution in [2.75, 3.05) is 0 Å². The molecule has 2 aromatic rings. The van der Waals surface area contributed by atoms with Crippen LogP contribution in [0.4, 0.5) is 8.78 Å². The summed E-state index contributed by atoms with van der Waals surface area (Å²) in [6.07, 6.45) is 3.45. The van der Waals surface area contributed by atoms with Crippen molar-refractivity contribution in [1.29, 1.82) is 0 Å². The highest BCUT2D eigenvalue weighted by Crippen LogP contribution is 2.26. The van der Waals surface area contributed by atoms with Gasteiger partial charge in [-0.1, -0.05) is 23.9 Å². The van der Waals surface area contributed by atoms with Gasteiger partial charge in [-0.15, -0.1) is 0 Å². The number of rotatable bonds is 3. The highest BCUT2D eigenvalue weighted by Gasteiger charge is 2.06. The lowest BCUT2D eigenvalue weighted by Crippen LogP contribution is -1.89. The molecular formula is C12H10F2N2S. The summed E-state index contributed by atoms with van der Waals surface area (Å²) in [4.78, 5) is 8.88. The van der Waals surface area contributed by atoms with Gasteiger partial charge in [-0.2, -0.15) is 8.78 Å². The summed E-state index contributed by atoms with van der Waals surface area (Å²) < 4.78 is 24.3. The largest absolute Gasteiger partial charge is 0.288 e. The second-order valence-electron chi connectivity index (χ2n) is 3.49. The zero-order valence-electron chi connectivity index (χ0n) is 9.10. The fourth-order valence-electron chi connectivity index (χ4n) is 1.33. The number of hydrogen-bond donors (Lipinski definition) is 0. The summed E-state index contributed by atoms with van der Waals surface area (Å²) in [5.74, 6) is -1.79. The molecule has 1 aromatic heterocycles. The standard InChI is InChI=1S/C12H10F2N2S/c1-8-6-15-11(16-7-8)9-2-4-10(5-3-9)17-12(13)14/h2-7,12H,1H3. The Morgan fingerprint density at radius 3 is 2.18 bits per heavy atom. The van der Waals surface area contributed by atoms with E-state index in [9.17, 15) is 8.78 Å². The summed E-state index contributed by atoms with van der Waals surface area (Å²) in [7, 11) is 0. The van der Waals surface area contributed by atoms with Crippen LogP contribution in [-0.2, 0) is 0 Å². The second kappa shape index (κ2) is 5.23. The maximum atomic E-state index is 12.1. The third-order valence-electron chi connectivity index (χ3n) is 2.12. The van der Waals surface area contributed by atoms with Crippen LogP contribution in [0.3, 0.4) is 0 Å². The summed E-state index contributed by atoms with van der Waals surface area (Å²) in [5.41, 5.74) is 1.81. The molecule has 88 valence electrons. The van der Waals surface area contributed by atoms with E-state index in [0.29, 0.717) is 22.5 Å². The first kappa shape index (κ1) is 12.0. The topological polar surface area (TPSA) is 25.8 Å². The van der Waals surface area contributed by atoms with E-state index in [1.807, 2.05) is 6.92 Å². The number of thioether (sulfide) groups is 1. The molecule has 2 nitrogen and oxygen atoms in total. The fourth-order valence-corrected chi connectivity index (χ4v) is 1.83. The van der Waals surface area contributed by atoms with Gasteiger partial charge in [-0.25, -0.2) is 9.97 Å². The Balaban J connectivity index is 2.20. The maximum Gasteiger partial charge on any atom is 0.288 e. The maximum absolute atomic E-state index is 12.1. The molecule has 0 saturated heterocycles. The molecule has 0 spiro atoms. The predicted octanol–water partition coefficient (Wildman–Crippen LogP) is 3.77. The monoisotopic (exact) mass is 252 g/mol. The summed E-state index contributed by atoms with van der Waals surface area (Å²) in [6, 6.07) is 6.79. The molecule has 1 aromatic carbocycles. The SMILES string of the molecule is Cc1cnc(-c2ccc(SC(F)F)cc2)nc1. The fraction of sp³-hybridized carbons (Fsp3) is 0.167. The zero-order chi connectivity index (χ0) is 12.3. The van der Waals surface area contributed by atoms with Crippen molar-refractivity contribution in [3.63, 3.8) is 0 Å². The molecule has 0 aliphatic heterocycles. The summed E-state index contributed by atoms with van der Waals surface area (Å²) in [6.45, 7) is 1.91. The molecule has 0 atom stereocenters. The van der Waals surface area contributed by atoms with Crippen molar-refractivity contribution in [3.05, 3.63) is 42.2 Å². The van der Waals surface area contributed by atoms with Crippen LogP contribution in [0, 0.1) is 6.92 Å². The van der Waals surface area contributed by atoms with Gasteiger partial charge in [-0.3, -0.25) is 0 Å². The first-order valence-electron chi connectivity index (χ1n) is 4.99. The number of halogens is 2. The van der Waals surface area contributed by atoms with Crippen LogP contribution in [0.15, 0.2) is 41.6 Å². The van der Waals surface area contributed by atoms with Crippen LogP contribution < -0.4 is 0 Å². The van der Waals surface area contributed by atoms with Gasteiger partial charge >= 0.3 is 0 Å². The van der Waals surface area contributed by atoms with Gasteiger partial charge in [0.25, 0.3) is 5.76 Å². The predicted molar refractivity (Wildman–Crippen MR) is 64.1 cm³/mol. The first-order valence-corrected chi connectivity index (χ1v) is 5.87. The molecule has 0 N–H and O–H groups in total. The molecule has 0 unspecified atom stereocenters. The van der Waals surface area contributed by atoms with Crippen LogP contribution in [-0.4, -0.2) is 15.7 Å². The van der Waals surface area contributed by atoms with Gasteiger partial charge in [0, 0.05) is 22.9 Å². The minimum atomic E-state index is -2.39. The lowest BCUT2D eigenvalue weighted by atomic mass is 10.2. The van der Waals surface area contributed by atoms with Crippen LogP contribution in [0.2, 0.25) is 0 Å². The molecule has 17 heavy (non-hydrogen) atoms. The molecule has 1 heterocycles. The average molecular weight is 252 g/mol. The highest BCUT2D eigenvalue weighted by molar-refractivity contribution is 7.99. The number of aromatic nitrogens is 2. The van der Waals surface area contributed by atoms with Crippen molar-refractivity contribution >= 4 is 11.8 Å². The molecule has 0 amide bonds. The summed E-state index contributed by atoms with van der Waals surface area (Å²) >= 11 is 0.531. The Hall–Kier alpha value is -1.49. The normalized spacial score (nSPS) is 10.8. The van der Waals surface area contributed by atoms with E-state index in [4.69, 9.17) is 0 Å². The Morgan fingerprint density at radius 1 is 1.06 bits per heavy atom. The van der Waals surface area contributed by atoms with Crippen molar-refractivity contribution in [2.24, 2.45) is 0 Å². The third-order valence-corrected chi connectivity index (χ3v) is 2.84. The average Bonchev–Trinajstić information content (AvgIpc) is 2.30. The van der Waals surface area contributed by atoms with Gasteiger partial charge in [0.05, 0.1) is 0 Å².